The van der Waals surface area contributed by atoms with E-state index in [0.29, 0.717) is 19.0 Å². The third-order valence-corrected chi connectivity index (χ3v) is 5.73. The first-order valence-electron chi connectivity index (χ1n) is 7.31. The van der Waals surface area contributed by atoms with Crippen molar-refractivity contribution in [2.75, 3.05) is 13.6 Å². The van der Waals surface area contributed by atoms with Crippen LogP contribution in [-0.4, -0.2) is 32.4 Å². The van der Waals surface area contributed by atoms with Crippen LogP contribution in [0, 0.1) is 11.7 Å². The van der Waals surface area contributed by atoms with E-state index in [0.717, 1.165) is 18.4 Å². The van der Waals surface area contributed by atoms with E-state index in [9.17, 15) is 12.8 Å². The Kier molecular flexibility index (Phi) is 5.01. The topological polar surface area (TPSA) is 49.4 Å². The molecule has 1 N–H and O–H groups in total. The lowest BCUT2D eigenvalue weighted by atomic mass is 10.2. The van der Waals surface area contributed by atoms with Crippen LogP contribution in [-0.2, 0) is 16.6 Å². The number of nitrogens with one attached hydrogen (secondary N) is 1. The predicted molar refractivity (Wildman–Crippen MR) is 80.9 cm³/mol. The molecule has 0 aromatic heterocycles. The molecule has 6 heteroatoms. The Bertz CT molecular complexity index is 598. The summed E-state index contributed by atoms with van der Waals surface area (Å²) in [7, 11) is -2.03. The van der Waals surface area contributed by atoms with Gasteiger partial charge in [0.1, 0.15) is 10.7 Å². The maximum atomic E-state index is 14.1. The molecular formula is C15H23FN2O2S. The largest absolute Gasteiger partial charge is 0.316 e. The molecule has 2 rings (SSSR count). The lowest BCUT2D eigenvalue weighted by molar-refractivity contribution is 0.340. The number of nitrogens with zero attached hydrogens (tertiary/aromatic N) is 1. The first-order valence-corrected chi connectivity index (χ1v) is 8.75. The molecule has 0 unspecified atom stereocenters. The molecule has 1 aliphatic carbocycles. The van der Waals surface area contributed by atoms with Crippen molar-refractivity contribution in [3.8, 4) is 0 Å². The Morgan fingerprint density at radius 3 is 2.57 bits per heavy atom. The third-order valence-electron chi connectivity index (χ3n) is 3.67. The van der Waals surface area contributed by atoms with Gasteiger partial charge in [0.2, 0.25) is 10.0 Å². The summed E-state index contributed by atoms with van der Waals surface area (Å²) in [6, 6.07) is 4.09. The quantitative estimate of drug-likeness (QED) is 0.840. The number of hydrogen-bond donors (Lipinski definition) is 1. The van der Waals surface area contributed by atoms with E-state index in [2.05, 4.69) is 5.32 Å². The molecule has 4 nitrogen and oxygen atoms in total. The number of hydrogen-bond acceptors (Lipinski definition) is 3. The number of rotatable bonds is 7. The summed E-state index contributed by atoms with van der Waals surface area (Å²) in [6.07, 6.45) is 2.11. The Balaban J connectivity index is 2.38. The van der Waals surface area contributed by atoms with Crippen molar-refractivity contribution in [2.24, 2.45) is 5.92 Å². The number of halogens is 1. The second-order valence-corrected chi connectivity index (χ2v) is 7.77. The van der Waals surface area contributed by atoms with Gasteiger partial charge in [0.25, 0.3) is 0 Å². The van der Waals surface area contributed by atoms with Crippen molar-refractivity contribution < 1.29 is 12.8 Å². The summed E-state index contributed by atoms with van der Waals surface area (Å²) >= 11 is 0. The van der Waals surface area contributed by atoms with Crippen LogP contribution in [0.25, 0.3) is 0 Å². The van der Waals surface area contributed by atoms with Crippen LogP contribution in [0.3, 0.4) is 0 Å². The van der Waals surface area contributed by atoms with Gasteiger partial charge >= 0.3 is 0 Å². The van der Waals surface area contributed by atoms with E-state index in [1.807, 2.05) is 13.8 Å². The molecule has 0 radical (unpaired) electrons. The minimum Gasteiger partial charge on any atom is -0.316 e. The summed E-state index contributed by atoms with van der Waals surface area (Å²) in [5.74, 6) is -0.262. The second kappa shape index (κ2) is 6.42. The van der Waals surface area contributed by atoms with E-state index in [1.165, 1.54) is 16.4 Å². The van der Waals surface area contributed by atoms with Gasteiger partial charge in [-0.3, -0.25) is 0 Å². The van der Waals surface area contributed by atoms with Crippen molar-refractivity contribution >= 4 is 10.0 Å². The molecule has 1 fully saturated rings. The maximum absolute atomic E-state index is 14.1. The molecule has 0 amide bonds. The fourth-order valence-corrected chi connectivity index (χ4v) is 4.16. The molecule has 0 saturated heterocycles. The van der Waals surface area contributed by atoms with Crippen LogP contribution < -0.4 is 5.32 Å². The van der Waals surface area contributed by atoms with Crippen LogP contribution in [0.1, 0.15) is 32.3 Å². The Hall–Kier alpha value is -0.980. The Morgan fingerprint density at radius 2 is 2.05 bits per heavy atom. The molecule has 118 valence electrons. The number of benzene rings is 1. The van der Waals surface area contributed by atoms with Gasteiger partial charge in [0.05, 0.1) is 0 Å². The molecule has 0 spiro atoms. The summed E-state index contributed by atoms with van der Waals surface area (Å²) in [6.45, 7) is 4.65. The van der Waals surface area contributed by atoms with Gasteiger partial charge < -0.3 is 5.32 Å². The van der Waals surface area contributed by atoms with E-state index in [-0.39, 0.29) is 10.9 Å². The van der Waals surface area contributed by atoms with E-state index in [4.69, 9.17) is 0 Å². The molecule has 0 bridgehead atoms. The van der Waals surface area contributed by atoms with Crippen LogP contribution in [0.15, 0.2) is 23.1 Å². The lowest BCUT2D eigenvalue weighted by Crippen LogP contribution is -2.38. The number of sulfonamides is 1. The van der Waals surface area contributed by atoms with E-state index >= 15 is 0 Å². The van der Waals surface area contributed by atoms with Gasteiger partial charge in [-0.2, -0.15) is 4.31 Å². The van der Waals surface area contributed by atoms with Gasteiger partial charge in [-0.1, -0.05) is 6.07 Å². The van der Waals surface area contributed by atoms with Gasteiger partial charge in [0.15, 0.2) is 0 Å². The first kappa shape index (κ1) is 16.4. The van der Waals surface area contributed by atoms with Crippen molar-refractivity contribution in [3.63, 3.8) is 0 Å². The van der Waals surface area contributed by atoms with E-state index in [1.54, 1.807) is 13.1 Å². The first-order chi connectivity index (χ1) is 9.86. The Labute approximate surface area is 126 Å². The highest BCUT2D eigenvalue weighted by molar-refractivity contribution is 7.89. The minimum atomic E-state index is -3.80. The highest BCUT2D eigenvalue weighted by atomic mass is 32.2. The fourth-order valence-electron chi connectivity index (χ4n) is 2.33. The molecule has 1 saturated carbocycles. The van der Waals surface area contributed by atoms with Crippen LogP contribution in [0.4, 0.5) is 4.39 Å². The van der Waals surface area contributed by atoms with Gasteiger partial charge in [-0.05, 0) is 57.4 Å². The molecule has 1 aromatic rings. The highest BCUT2D eigenvalue weighted by Gasteiger charge is 2.34. The molecule has 0 aliphatic heterocycles. The second-order valence-electron chi connectivity index (χ2n) is 5.91. The van der Waals surface area contributed by atoms with Crippen molar-refractivity contribution in [1.82, 2.24) is 9.62 Å². The summed E-state index contributed by atoms with van der Waals surface area (Å²) in [5.41, 5.74) is 0.757. The van der Waals surface area contributed by atoms with Crippen molar-refractivity contribution in [1.29, 1.82) is 0 Å². The third kappa shape index (κ3) is 3.81. The minimum absolute atomic E-state index is 0.178. The van der Waals surface area contributed by atoms with Gasteiger partial charge in [-0.15, -0.1) is 0 Å². The smallest absolute Gasteiger partial charge is 0.246 e. The molecule has 1 aromatic carbocycles. The fraction of sp³-hybridized carbons (Fsp3) is 0.600. The summed E-state index contributed by atoms with van der Waals surface area (Å²) in [4.78, 5) is -0.218. The average molecular weight is 314 g/mol. The summed E-state index contributed by atoms with van der Waals surface area (Å²) in [5, 5.41) is 2.95. The van der Waals surface area contributed by atoms with Crippen LogP contribution in [0.5, 0.6) is 0 Å². The zero-order chi connectivity index (χ0) is 15.6. The van der Waals surface area contributed by atoms with Gasteiger partial charge in [-0.25, -0.2) is 12.8 Å². The normalized spacial score (nSPS) is 15.9. The molecule has 0 heterocycles. The summed E-state index contributed by atoms with van der Waals surface area (Å²) < 4.78 is 41.0. The molecule has 0 atom stereocenters. The maximum Gasteiger partial charge on any atom is 0.246 e. The average Bonchev–Trinajstić information content (AvgIpc) is 3.22. The van der Waals surface area contributed by atoms with E-state index < -0.39 is 15.8 Å². The van der Waals surface area contributed by atoms with Gasteiger partial charge in [0, 0.05) is 19.1 Å². The van der Waals surface area contributed by atoms with Crippen molar-refractivity contribution in [2.45, 2.75) is 44.2 Å². The zero-order valence-electron chi connectivity index (χ0n) is 12.8. The zero-order valence-corrected chi connectivity index (χ0v) is 13.6. The predicted octanol–water partition coefficient (Wildman–Crippen LogP) is 2.35. The van der Waals surface area contributed by atoms with Crippen LogP contribution in [0.2, 0.25) is 0 Å². The molecule has 21 heavy (non-hydrogen) atoms. The molecular weight excluding hydrogens is 291 g/mol. The SMILES string of the molecule is CNCc1ccc(F)c(S(=O)(=O)N(CC2CC2)C(C)C)c1. The van der Waals surface area contributed by atoms with Crippen LogP contribution >= 0.6 is 0 Å². The highest BCUT2D eigenvalue weighted by Crippen LogP contribution is 2.33. The monoisotopic (exact) mass is 314 g/mol. The standard InChI is InChI=1S/C15H23FN2O2S/c1-11(2)18(10-12-4-5-12)21(19,20)15-8-13(9-17-3)6-7-14(15)16/h6-8,11-12,17H,4-5,9-10H2,1-3H3. The van der Waals surface area contributed by atoms with Crippen molar-refractivity contribution in [3.05, 3.63) is 29.6 Å². The molecule has 1 aliphatic rings. The lowest BCUT2D eigenvalue weighted by Gasteiger charge is -2.26. The Morgan fingerprint density at radius 1 is 1.38 bits per heavy atom.